The van der Waals surface area contributed by atoms with E-state index in [0.717, 1.165) is 36.9 Å². The molecule has 1 aromatic carbocycles. The topological polar surface area (TPSA) is 55.1 Å². The van der Waals surface area contributed by atoms with Gasteiger partial charge in [-0.25, -0.2) is 0 Å². The van der Waals surface area contributed by atoms with Gasteiger partial charge in [0.05, 0.1) is 0 Å². The van der Waals surface area contributed by atoms with Crippen molar-refractivity contribution in [2.45, 2.75) is 38.6 Å². The average molecular weight is 358 g/mol. The highest BCUT2D eigenvalue weighted by Gasteiger charge is 2.24. The standard InChI is InChI=1S/C14H19IN2O/c1-9-12(15)3-2-4-13(9)17-14(18)10-5-7-11(16)8-6-10/h2-4,10-11H,5-8,16H2,1H3,(H,17,18). The minimum absolute atomic E-state index is 0.127. The molecule has 98 valence electrons. The number of carbonyl (C=O) groups is 1. The molecule has 3 nitrogen and oxygen atoms in total. The van der Waals surface area contributed by atoms with Gasteiger partial charge < -0.3 is 11.1 Å². The molecule has 1 fully saturated rings. The van der Waals surface area contributed by atoms with Crippen LogP contribution >= 0.6 is 22.6 Å². The third-order valence-corrected chi connectivity index (χ3v) is 4.84. The number of nitrogens with one attached hydrogen (secondary N) is 1. The van der Waals surface area contributed by atoms with Crippen molar-refractivity contribution in [3.63, 3.8) is 0 Å². The SMILES string of the molecule is Cc1c(I)cccc1NC(=O)C1CCC(N)CC1. The van der Waals surface area contributed by atoms with E-state index < -0.39 is 0 Å². The summed E-state index contributed by atoms with van der Waals surface area (Å²) in [5, 5.41) is 3.05. The van der Waals surface area contributed by atoms with Gasteiger partial charge in [0.15, 0.2) is 0 Å². The molecule has 1 amide bonds. The lowest BCUT2D eigenvalue weighted by Gasteiger charge is -2.25. The first-order valence-corrected chi connectivity index (χ1v) is 7.47. The van der Waals surface area contributed by atoms with E-state index in [2.05, 4.69) is 27.9 Å². The maximum absolute atomic E-state index is 12.2. The van der Waals surface area contributed by atoms with E-state index in [9.17, 15) is 4.79 Å². The zero-order valence-corrected chi connectivity index (χ0v) is 12.7. The lowest BCUT2D eigenvalue weighted by molar-refractivity contribution is -0.120. The lowest BCUT2D eigenvalue weighted by atomic mass is 9.86. The third kappa shape index (κ3) is 3.23. The average Bonchev–Trinajstić information content (AvgIpc) is 2.36. The second kappa shape index (κ2) is 6.02. The Bertz CT molecular complexity index is 439. The fourth-order valence-electron chi connectivity index (χ4n) is 2.36. The number of nitrogens with two attached hydrogens (primary N) is 1. The quantitative estimate of drug-likeness (QED) is 0.799. The molecule has 0 atom stereocenters. The van der Waals surface area contributed by atoms with Crippen LogP contribution in [0.3, 0.4) is 0 Å². The number of hydrogen-bond acceptors (Lipinski definition) is 2. The molecule has 0 unspecified atom stereocenters. The van der Waals surface area contributed by atoms with Crippen molar-refractivity contribution in [1.82, 2.24) is 0 Å². The maximum atomic E-state index is 12.2. The Hall–Kier alpha value is -0.620. The van der Waals surface area contributed by atoms with Crippen molar-refractivity contribution in [3.05, 3.63) is 27.3 Å². The van der Waals surface area contributed by atoms with Gasteiger partial charge in [0.25, 0.3) is 0 Å². The molecule has 18 heavy (non-hydrogen) atoms. The summed E-state index contributed by atoms with van der Waals surface area (Å²) >= 11 is 2.29. The van der Waals surface area contributed by atoms with Crippen molar-refractivity contribution in [2.24, 2.45) is 11.7 Å². The van der Waals surface area contributed by atoms with E-state index >= 15 is 0 Å². The van der Waals surface area contributed by atoms with Crippen LogP contribution in [0.15, 0.2) is 18.2 Å². The van der Waals surface area contributed by atoms with E-state index in [1.54, 1.807) is 0 Å². The van der Waals surface area contributed by atoms with Gasteiger partial charge in [-0.2, -0.15) is 0 Å². The summed E-state index contributed by atoms with van der Waals surface area (Å²) in [4.78, 5) is 12.2. The van der Waals surface area contributed by atoms with Gasteiger partial charge in [-0.15, -0.1) is 0 Å². The Labute approximate surface area is 122 Å². The molecule has 1 aliphatic rings. The first kappa shape index (κ1) is 13.8. The molecule has 2 rings (SSSR count). The van der Waals surface area contributed by atoms with Crippen molar-refractivity contribution in [3.8, 4) is 0 Å². The highest BCUT2D eigenvalue weighted by atomic mass is 127. The Kier molecular flexibility index (Phi) is 4.61. The molecule has 4 heteroatoms. The highest BCUT2D eigenvalue weighted by molar-refractivity contribution is 14.1. The zero-order valence-electron chi connectivity index (χ0n) is 10.6. The molecule has 0 bridgehead atoms. The van der Waals surface area contributed by atoms with Crippen LogP contribution in [-0.2, 0) is 4.79 Å². The Morgan fingerprint density at radius 1 is 1.33 bits per heavy atom. The van der Waals surface area contributed by atoms with E-state index in [1.807, 2.05) is 25.1 Å². The Morgan fingerprint density at radius 2 is 2.00 bits per heavy atom. The van der Waals surface area contributed by atoms with Gasteiger partial charge in [0.1, 0.15) is 0 Å². The van der Waals surface area contributed by atoms with Crippen LogP contribution in [0.5, 0.6) is 0 Å². The minimum atomic E-state index is 0.127. The molecular formula is C14H19IN2O. The molecule has 0 aromatic heterocycles. The second-order valence-corrected chi connectivity index (χ2v) is 6.18. The van der Waals surface area contributed by atoms with Crippen LogP contribution in [0.25, 0.3) is 0 Å². The number of halogens is 1. The summed E-state index contributed by atoms with van der Waals surface area (Å²) in [7, 11) is 0. The van der Waals surface area contributed by atoms with Crippen molar-refractivity contribution in [2.75, 3.05) is 5.32 Å². The smallest absolute Gasteiger partial charge is 0.227 e. The normalized spacial score (nSPS) is 23.7. The predicted octanol–water partition coefficient (Wildman–Crippen LogP) is 3.06. The Morgan fingerprint density at radius 3 is 2.67 bits per heavy atom. The summed E-state index contributed by atoms with van der Waals surface area (Å²) in [6.45, 7) is 2.04. The predicted molar refractivity (Wildman–Crippen MR) is 82.5 cm³/mol. The molecule has 1 saturated carbocycles. The monoisotopic (exact) mass is 358 g/mol. The third-order valence-electron chi connectivity index (χ3n) is 3.67. The van der Waals surface area contributed by atoms with Gasteiger partial charge in [0.2, 0.25) is 5.91 Å². The molecule has 0 saturated heterocycles. The summed E-state index contributed by atoms with van der Waals surface area (Å²) in [6.07, 6.45) is 3.75. The maximum Gasteiger partial charge on any atom is 0.227 e. The zero-order chi connectivity index (χ0) is 13.1. The fourth-order valence-corrected chi connectivity index (χ4v) is 2.86. The van der Waals surface area contributed by atoms with Crippen molar-refractivity contribution < 1.29 is 4.79 Å². The Balaban J connectivity index is 2.01. The van der Waals surface area contributed by atoms with Crippen LogP contribution in [0.1, 0.15) is 31.2 Å². The van der Waals surface area contributed by atoms with E-state index in [0.29, 0.717) is 0 Å². The first-order chi connectivity index (χ1) is 8.58. The summed E-state index contributed by atoms with van der Waals surface area (Å²) < 4.78 is 1.18. The second-order valence-electron chi connectivity index (χ2n) is 5.01. The van der Waals surface area contributed by atoms with E-state index in [4.69, 9.17) is 5.73 Å². The van der Waals surface area contributed by atoms with Gasteiger partial charge in [0, 0.05) is 21.2 Å². The van der Waals surface area contributed by atoms with Crippen LogP contribution in [-0.4, -0.2) is 11.9 Å². The molecule has 1 aromatic rings. The number of hydrogen-bond donors (Lipinski definition) is 2. The summed E-state index contributed by atoms with van der Waals surface area (Å²) in [5.74, 6) is 0.272. The molecule has 0 radical (unpaired) electrons. The molecule has 0 spiro atoms. The largest absolute Gasteiger partial charge is 0.328 e. The van der Waals surface area contributed by atoms with Gasteiger partial charge in [-0.1, -0.05) is 6.07 Å². The van der Waals surface area contributed by atoms with E-state index in [-0.39, 0.29) is 17.9 Å². The van der Waals surface area contributed by atoms with E-state index in [1.165, 1.54) is 3.57 Å². The van der Waals surface area contributed by atoms with Crippen LogP contribution < -0.4 is 11.1 Å². The summed E-state index contributed by atoms with van der Waals surface area (Å²) in [5.41, 5.74) is 7.93. The minimum Gasteiger partial charge on any atom is -0.328 e. The first-order valence-electron chi connectivity index (χ1n) is 6.39. The van der Waals surface area contributed by atoms with Crippen molar-refractivity contribution in [1.29, 1.82) is 0 Å². The number of benzene rings is 1. The lowest BCUT2D eigenvalue weighted by Crippen LogP contribution is -2.32. The number of anilines is 1. The number of rotatable bonds is 2. The number of amides is 1. The number of carbonyl (C=O) groups excluding carboxylic acids is 1. The van der Waals surface area contributed by atoms with Crippen LogP contribution in [0.2, 0.25) is 0 Å². The van der Waals surface area contributed by atoms with Crippen LogP contribution in [0.4, 0.5) is 5.69 Å². The van der Waals surface area contributed by atoms with Crippen LogP contribution in [0, 0.1) is 16.4 Å². The molecule has 3 N–H and O–H groups in total. The summed E-state index contributed by atoms with van der Waals surface area (Å²) in [6, 6.07) is 6.27. The molecule has 0 aliphatic heterocycles. The highest BCUT2D eigenvalue weighted by Crippen LogP contribution is 2.26. The van der Waals surface area contributed by atoms with Crippen molar-refractivity contribution >= 4 is 34.2 Å². The van der Waals surface area contributed by atoms with Gasteiger partial charge >= 0.3 is 0 Å². The fraction of sp³-hybridized carbons (Fsp3) is 0.500. The molecular weight excluding hydrogens is 339 g/mol. The molecule has 1 aliphatic carbocycles. The van der Waals surface area contributed by atoms with Gasteiger partial charge in [-0.05, 0) is 72.9 Å². The molecule has 0 heterocycles. The van der Waals surface area contributed by atoms with Gasteiger partial charge in [-0.3, -0.25) is 4.79 Å².